The number of aliphatic carboxylic acids is 1. The van der Waals surface area contributed by atoms with Crippen LogP contribution in [0.4, 0.5) is 0 Å². The molecule has 17 heavy (non-hydrogen) atoms. The van der Waals surface area contributed by atoms with E-state index >= 15 is 0 Å². The Morgan fingerprint density at radius 1 is 1.29 bits per heavy atom. The van der Waals surface area contributed by atoms with Crippen molar-refractivity contribution in [2.75, 3.05) is 0 Å². The predicted octanol–water partition coefficient (Wildman–Crippen LogP) is 2.86. The van der Waals surface area contributed by atoms with E-state index in [1.807, 2.05) is 24.3 Å². The van der Waals surface area contributed by atoms with E-state index in [0.29, 0.717) is 11.5 Å². The Balaban J connectivity index is 2.01. The Labute approximate surface area is 100 Å². The van der Waals surface area contributed by atoms with Crippen molar-refractivity contribution in [3.05, 3.63) is 35.4 Å². The normalized spacial score (nSPS) is 16.5. The van der Waals surface area contributed by atoms with Gasteiger partial charge in [-0.15, -0.1) is 0 Å². The highest BCUT2D eigenvalue weighted by Gasteiger charge is 2.23. The number of hydrogen-bond donors (Lipinski definition) is 1. The summed E-state index contributed by atoms with van der Waals surface area (Å²) in [6.45, 7) is 1.55. The predicted molar refractivity (Wildman–Crippen MR) is 64.2 cm³/mol. The van der Waals surface area contributed by atoms with Crippen LogP contribution in [0.3, 0.4) is 0 Å². The summed E-state index contributed by atoms with van der Waals surface area (Å²) in [5.74, 6) is -0.960. The topological polar surface area (TPSA) is 54.4 Å². The van der Waals surface area contributed by atoms with E-state index in [0.717, 1.165) is 0 Å². The number of hydrogen-bond acceptors (Lipinski definition) is 2. The van der Waals surface area contributed by atoms with E-state index in [-0.39, 0.29) is 12.2 Å². The molecule has 0 bridgehead atoms. The first-order valence-corrected chi connectivity index (χ1v) is 5.94. The quantitative estimate of drug-likeness (QED) is 0.794. The second-order valence-electron chi connectivity index (χ2n) is 4.76. The van der Waals surface area contributed by atoms with Crippen LogP contribution in [-0.4, -0.2) is 16.9 Å². The summed E-state index contributed by atoms with van der Waals surface area (Å²) in [5.41, 5.74) is 1.90. The van der Waals surface area contributed by atoms with Crippen molar-refractivity contribution in [3.8, 4) is 0 Å². The molecule has 0 amide bonds. The molecule has 1 aromatic rings. The summed E-state index contributed by atoms with van der Waals surface area (Å²) in [7, 11) is 0. The molecule has 0 aliphatic heterocycles. The molecule has 1 fully saturated rings. The van der Waals surface area contributed by atoms with Crippen LogP contribution in [0.25, 0.3) is 0 Å². The molecule has 0 aromatic heterocycles. The van der Waals surface area contributed by atoms with Crippen LogP contribution in [0.5, 0.6) is 0 Å². The molecule has 3 nitrogen and oxygen atoms in total. The molecule has 0 radical (unpaired) electrons. The van der Waals surface area contributed by atoms with E-state index in [9.17, 15) is 9.59 Å². The van der Waals surface area contributed by atoms with Crippen LogP contribution in [-0.2, 0) is 4.79 Å². The first kappa shape index (κ1) is 11.8. The highest BCUT2D eigenvalue weighted by atomic mass is 16.4. The summed E-state index contributed by atoms with van der Waals surface area (Å²) in [5, 5.41) is 8.75. The standard InChI is InChI=1S/C14H16O3/c1-9(14(16)17)8-13(15)12-6-4-11(5-7-12)10-2-3-10/h4-7,9-10H,2-3,8H2,1H3,(H,16,17). The number of carboxylic acid groups (broad SMARTS) is 1. The zero-order valence-corrected chi connectivity index (χ0v) is 9.85. The van der Waals surface area contributed by atoms with Crippen molar-refractivity contribution in [2.45, 2.75) is 32.1 Å². The molecule has 2 rings (SSSR count). The van der Waals surface area contributed by atoms with Gasteiger partial charge >= 0.3 is 5.97 Å². The molecule has 90 valence electrons. The minimum Gasteiger partial charge on any atom is -0.481 e. The number of rotatable bonds is 5. The third-order valence-corrected chi connectivity index (χ3v) is 3.19. The number of ketones is 1. The van der Waals surface area contributed by atoms with Crippen molar-refractivity contribution in [3.63, 3.8) is 0 Å². The van der Waals surface area contributed by atoms with Crippen LogP contribution in [0.15, 0.2) is 24.3 Å². The van der Waals surface area contributed by atoms with Gasteiger partial charge in [-0.3, -0.25) is 9.59 Å². The van der Waals surface area contributed by atoms with Gasteiger partial charge < -0.3 is 5.11 Å². The second-order valence-corrected chi connectivity index (χ2v) is 4.76. The lowest BCUT2D eigenvalue weighted by Crippen LogP contribution is -2.14. The van der Waals surface area contributed by atoms with Gasteiger partial charge in [0.15, 0.2) is 5.78 Å². The van der Waals surface area contributed by atoms with Crippen molar-refractivity contribution < 1.29 is 14.7 Å². The van der Waals surface area contributed by atoms with E-state index < -0.39 is 11.9 Å². The molecule has 0 saturated heterocycles. The Morgan fingerprint density at radius 2 is 1.88 bits per heavy atom. The number of carbonyl (C=O) groups is 2. The van der Waals surface area contributed by atoms with Crippen LogP contribution >= 0.6 is 0 Å². The largest absolute Gasteiger partial charge is 0.481 e. The van der Waals surface area contributed by atoms with E-state index in [1.165, 1.54) is 18.4 Å². The molecule has 1 aromatic carbocycles. The van der Waals surface area contributed by atoms with Crippen LogP contribution < -0.4 is 0 Å². The van der Waals surface area contributed by atoms with Gasteiger partial charge in [-0.25, -0.2) is 0 Å². The molecule has 3 heteroatoms. The molecule has 1 aliphatic rings. The fourth-order valence-electron chi connectivity index (χ4n) is 1.84. The van der Waals surface area contributed by atoms with Gasteiger partial charge in [0.25, 0.3) is 0 Å². The van der Waals surface area contributed by atoms with Gasteiger partial charge in [0.2, 0.25) is 0 Å². The lowest BCUT2D eigenvalue weighted by Gasteiger charge is -2.06. The number of carboxylic acids is 1. The molecule has 1 atom stereocenters. The van der Waals surface area contributed by atoms with Gasteiger partial charge in [0.05, 0.1) is 5.92 Å². The minimum atomic E-state index is -0.923. The maximum atomic E-state index is 11.8. The van der Waals surface area contributed by atoms with E-state index in [4.69, 9.17) is 5.11 Å². The number of benzene rings is 1. The lowest BCUT2D eigenvalue weighted by molar-refractivity contribution is -0.141. The van der Waals surface area contributed by atoms with Crippen molar-refractivity contribution in [1.82, 2.24) is 0 Å². The van der Waals surface area contributed by atoms with Gasteiger partial charge in [0.1, 0.15) is 0 Å². The lowest BCUT2D eigenvalue weighted by atomic mass is 9.98. The summed E-state index contributed by atoms with van der Waals surface area (Å²) >= 11 is 0. The Kier molecular flexibility index (Phi) is 3.27. The SMILES string of the molecule is CC(CC(=O)c1ccc(C2CC2)cc1)C(=O)O. The second kappa shape index (κ2) is 4.70. The Morgan fingerprint density at radius 3 is 2.35 bits per heavy atom. The Hall–Kier alpha value is -1.64. The zero-order chi connectivity index (χ0) is 12.4. The minimum absolute atomic E-state index is 0.0676. The third-order valence-electron chi connectivity index (χ3n) is 3.19. The maximum Gasteiger partial charge on any atom is 0.306 e. The molecular formula is C14H16O3. The van der Waals surface area contributed by atoms with E-state index in [2.05, 4.69) is 0 Å². The first-order valence-electron chi connectivity index (χ1n) is 5.94. The molecule has 1 aliphatic carbocycles. The summed E-state index contributed by atoms with van der Waals surface area (Å²) in [4.78, 5) is 22.5. The van der Waals surface area contributed by atoms with Gasteiger partial charge in [0, 0.05) is 12.0 Å². The van der Waals surface area contributed by atoms with Gasteiger partial charge in [-0.1, -0.05) is 31.2 Å². The molecule has 0 spiro atoms. The molecule has 0 heterocycles. The average molecular weight is 232 g/mol. The van der Waals surface area contributed by atoms with Crippen molar-refractivity contribution >= 4 is 11.8 Å². The Bertz CT molecular complexity index is 429. The highest BCUT2D eigenvalue weighted by molar-refractivity contribution is 5.97. The monoisotopic (exact) mass is 232 g/mol. The van der Waals surface area contributed by atoms with Crippen molar-refractivity contribution in [2.24, 2.45) is 5.92 Å². The molecule has 1 unspecified atom stereocenters. The summed E-state index contributed by atoms with van der Waals surface area (Å²) in [6.07, 6.45) is 2.55. The number of carbonyl (C=O) groups excluding carboxylic acids is 1. The zero-order valence-electron chi connectivity index (χ0n) is 9.85. The van der Waals surface area contributed by atoms with E-state index in [1.54, 1.807) is 6.92 Å². The summed E-state index contributed by atoms with van der Waals surface area (Å²) in [6, 6.07) is 7.59. The van der Waals surface area contributed by atoms with Crippen LogP contribution in [0.1, 0.15) is 48.0 Å². The molecular weight excluding hydrogens is 216 g/mol. The fourth-order valence-corrected chi connectivity index (χ4v) is 1.84. The number of Topliss-reactive ketones (excluding diaryl/α,β-unsaturated/α-hetero) is 1. The van der Waals surface area contributed by atoms with Gasteiger partial charge in [-0.05, 0) is 24.3 Å². The van der Waals surface area contributed by atoms with Gasteiger partial charge in [-0.2, -0.15) is 0 Å². The fraction of sp³-hybridized carbons (Fsp3) is 0.429. The summed E-state index contributed by atoms with van der Waals surface area (Å²) < 4.78 is 0. The maximum absolute atomic E-state index is 11.8. The first-order chi connectivity index (χ1) is 8.08. The van der Waals surface area contributed by atoms with Crippen molar-refractivity contribution in [1.29, 1.82) is 0 Å². The third kappa shape index (κ3) is 2.93. The smallest absolute Gasteiger partial charge is 0.306 e. The van der Waals surface area contributed by atoms with Crippen LogP contribution in [0, 0.1) is 5.92 Å². The molecule has 1 saturated carbocycles. The average Bonchev–Trinajstić information content (AvgIpc) is 3.13. The van der Waals surface area contributed by atoms with Crippen LogP contribution in [0.2, 0.25) is 0 Å². The molecule has 1 N–H and O–H groups in total. The highest BCUT2D eigenvalue weighted by Crippen LogP contribution is 2.39.